The maximum atomic E-state index is 10.3. The number of carbonyl (C=O) groups is 1. The monoisotopic (exact) mass is 152 g/mol. The molecule has 2 N–H and O–H groups in total. The molecule has 0 unspecified atom stereocenters. The average Bonchev–Trinajstić information content (AvgIpc) is 2.04. The van der Waals surface area contributed by atoms with Crippen molar-refractivity contribution in [1.82, 2.24) is 0 Å². The number of aliphatic hydroxyl groups is 1. The van der Waals surface area contributed by atoms with Crippen molar-refractivity contribution >= 4 is 6.29 Å². The Morgan fingerprint density at radius 1 is 1.45 bits per heavy atom. The molecule has 0 heterocycles. The predicted octanol–water partition coefficient (Wildman–Crippen LogP) is 0.697. The second kappa shape index (κ2) is 3.16. The largest absolute Gasteiger partial charge is 0.508 e. The predicted molar refractivity (Wildman–Crippen MR) is 39.4 cm³/mol. The minimum Gasteiger partial charge on any atom is -0.508 e. The Kier molecular flexibility index (Phi) is 2.23. The van der Waals surface area contributed by atoms with Crippen molar-refractivity contribution in [1.29, 1.82) is 0 Å². The SMILES string of the molecule is O=Cc1cccc(O)c1CO. The lowest BCUT2D eigenvalue weighted by atomic mass is 10.1. The first-order valence-electron chi connectivity index (χ1n) is 3.16. The third kappa shape index (κ3) is 1.38. The third-order valence-corrected chi connectivity index (χ3v) is 1.47. The van der Waals surface area contributed by atoms with Gasteiger partial charge < -0.3 is 10.2 Å². The molecule has 0 atom stereocenters. The van der Waals surface area contributed by atoms with E-state index in [1.807, 2.05) is 0 Å². The summed E-state index contributed by atoms with van der Waals surface area (Å²) >= 11 is 0. The summed E-state index contributed by atoms with van der Waals surface area (Å²) in [7, 11) is 0. The molecule has 0 aromatic heterocycles. The molecular formula is C8H8O3. The van der Waals surface area contributed by atoms with Gasteiger partial charge in [-0.3, -0.25) is 4.79 Å². The molecule has 58 valence electrons. The van der Waals surface area contributed by atoms with Crippen molar-refractivity contribution < 1.29 is 15.0 Å². The molecule has 1 aromatic rings. The lowest BCUT2D eigenvalue weighted by Gasteiger charge is -2.01. The highest BCUT2D eigenvalue weighted by Gasteiger charge is 2.03. The number of hydrogen-bond acceptors (Lipinski definition) is 3. The highest BCUT2D eigenvalue weighted by atomic mass is 16.3. The van der Waals surface area contributed by atoms with E-state index in [1.165, 1.54) is 12.1 Å². The average molecular weight is 152 g/mol. The van der Waals surface area contributed by atoms with Crippen molar-refractivity contribution in [2.24, 2.45) is 0 Å². The Balaban J connectivity index is 3.23. The van der Waals surface area contributed by atoms with Crippen LogP contribution < -0.4 is 0 Å². The van der Waals surface area contributed by atoms with E-state index in [1.54, 1.807) is 6.07 Å². The van der Waals surface area contributed by atoms with Gasteiger partial charge in [-0.15, -0.1) is 0 Å². The maximum Gasteiger partial charge on any atom is 0.150 e. The summed E-state index contributed by atoms with van der Waals surface area (Å²) in [5.74, 6) is -0.0444. The van der Waals surface area contributed by atoms with Crippen LogP contribution in [-0.4, -0.2) is 16.5 Å². The first-order valence-corrected chi connectivity index (χ1v) is 3.16. The van der Waals surface area contributed by atoms with Crippen LogP contribution >= 0.6 is 0 Å². The first kappa shape index (κ1) is 7.75. The van der Waals surface area contributed by atoms with Gasteiger partial charge in [-0.2, -0.15) is 0 Å². The number of carbonyl (C=O) groups excluding carboxylic acids is 1. The van der Waals surface area contributed by atoms with E-state index in [2.05, 4.69) is 0 Å². The fourth-order valence-corrected chi connectivity index (χ4v) is 0.875. The standard InChI is InChI=1S/C8H8O3/c9-4-6-2-1-3-8(11)7(6)5-10/h1-4,10-11H,5H2. The van der Waals surface area contributed by atoms with E-state index >= 15 is 0 Å². The molecule has 0 spiro atoms. The van der Waals surface area contributed by atoms with Crippen LogP contribution in [0, 0.1) is 0 Å². The topological polar surface area (TPSA) is 57.5 Å². The molecule has 0 radical (unpaired) electrons. The van der Waals surface area contributed by atoms with Crippen LogP contribution in [0.4, 0.5) is 0 Å². The first-order chi connectivity index (χ1) is 5.29. The summed E-state index contributed by atoms with van der Waals surface area (Å²) < 4.78 is 0. The summed E-state index contributed by atoms with van der Waals surface area (Å²) in [5, 5.41) is 17.8. The van der Waals surface area contributed by atoms with Crippen LogP contribution in [-0.2, 0) is 6.61 Å². The van der Waals surface area contributed by atoms with E-state index in [0.717, 1.165) is 0 Å². The van der Waals surface area contributed by atoms with Gasteiger partial charge in [0.2, 0.25) is 0 Å². The Morgan fingerprint density at radius 2 is 2.18 bits per heavy atom. The molecule has 0 saturated carbocycles. The number of aromatic hydroxyl groups is 1. The molecular weight excluding hydrogens is 144 g/mol. The molecule has 0 aliphatic carbocycles. The number of phenols is 1. The van der Waals surface area contributed by atoms with Gasteiger partial charge in [0.05, 0.1) is 6.61 Å². The van der Waals surface area contributed by atoms with Crippen LogP contribution in [0.1, 0.15) is 15.9 Å². The van der Waals surface area contributed by atoms with Crippen LogP contribution in [0.25, 0.3) is 0 Å². The number of hydrogen-bond donors (Lipinski definition) is 2. The fraction of sp³-hybridized carbons (Fsp3) is 0.125. The van der Waals surface area contributed by atoms with Crippen molar-refractivity contribution in [3.8, 4) is 5.75 Å². The molecule has 1 rings (SSSR count). The summed E-state index contributed by atoms with van der Waals surface area (Å²) in [6.07, 6.45) is 0.602. The van der Waals surface area contributed by atoms with Crippen LogP contribution in [0.15, 0.2) is 18.2 Å². The lowest BCUT2D eigenvalue weighted by molar-refractivity contribution is 0.111. The molecule has 3 nitrogen and oxygen atoms in total. The Morgan fingerprint density at radius 3 is 2.64 bits per heavy atom. The Labute approximate surface area is 63.9 Å². The van der Waals surface area contributed by atoms with E-state index in [0.29, 0.717) is 11.8 Å². The Bertz CT molecular complexity index is 268. The van der Waals surface area contributed by atoms with Gasteiger partial charge in [-0.05, 0) is 6.07 Å². The van der Waals surface area contributed by atoms with Gasteiger partial charge in [0, 0.05) is 11.1 Å². The molecule has 0 aliphatic rings. The molecule has 0 amide bonds. The summed E-state index contributed by atoms with van der Waals surface area (Å²) in [6.45, 7) is -0.319. The van der Waals surface area contributed by atoms with Crippen molar-refractivity contribution in [3.63, 3.8) is 0 Å². The second-order valence-corrected chi connectivity index (χ2v) is 2.12. The minimum atomic E-state index is -0.319. The highest BCUT2D eigenvalue weighted by Crippen LogP contribution is 2.18. The second-order valence-electron chi connectivity index (χ2n) is 2.12. The smallest absolute Gasteiger partial charge is 0.150 e. The van der Waals surface area contributed by atoms with Crippen molar-refractivity contribution in [2.45, 2.75) is 6.61 Å². The lowest BCUT2D eigenvalue weighted by Crippen LogP contribution is -1.91. The summed E-state index contributed by atoms with van der Waals surface area (Å²) in [6, 6.07) is 4.52. The summed E-state index contributed by atoms with van der Waals surface area (Å²) in [5.41, 5.74) is 0.606. The van der Waals surface area contributed by atoms with Crippen molar-refractivity contribution in [3.05, 3.63) is 29.3 Å². The zero-order valence-corrected chi connectivity index (χ0v) is 5.82. The third-order valence-electron chi connectivity index (χ3n) is 1.47. The van der Waals surface area contributed by atoms with E-state index in [4.69, 9.17) is 10.2 Å². The zero-order valence-electron chi connectivity index (χ0n) is 5.82. The van der Waals surface area contributed by atoms with E-state index in [9.17, 15) is 4.79 Å². The van der Waals surface area contributed by atoms with Crippen molar-refractivity contribution in [2.75, 3.05) is 0 Å². The molecule has 0 bridgehead atoms. The Hall–Kier alpha value is -1.35. The van der Waals surface area contributed by atoms with Crippen LogP contribution in [0.2, 0.25) is 0 Å². The molecule has 1 aromatic carbocycles. The van der Waals surface area contributed by atoms with Gasteiger partial charge in [0.15, 0.2) is 6.29 Å². The number of aldehydes is 1. The molecule has 0 saturated heterocycles. The number of rotatable bonds is 2. The fourth-order valence-electron chi connectivity index (χ4n) is 0.875. The highest BCUT2D eigenvalue weighted by molar-refractivity contribution is 5.78. The molecule has 3 heteroatoms. The molecule has 11 heavy (non-hydrogen) atoms. The van der Waals surface area contributed by atoms with Crippen LogP contribution in [0.5, 0.6) is 5.75 Å². The number of benzene rings is 1. The molecule has 0 aliphatic heterocycles. The summed E-state index contributed by atoms with van der Waals surface area (Å²) in [4.78, 5) is 10.3. The quantitative estimate of drug-likeness (QED) is 0.613. The van der Waals surface area contributed by atoms with E-state index in [-0.39, 0.29) is 17.9 Å². The minimum absolute atomic E-state index is 0.0444. The van der Waals surface area contributed by atoms with E-state index < -0.39 is 0 Å². The van der Waals surface area contributed by atoms with Gasteiger partial charge in [-0.1, -0.05) is 12.1 Å². The zero-order chi connectivity index (χ0) is 8.27. The van der Waals surface area contributed by atoms with Gasteiger partial charge in [0.1, 0.15) is 5.75 Å². The normalized spacial score (nSPS) is 9.55. The van der Waals surface area contributed by atoms with Gasteiger partial charge >= 0.3 is 0 Å². The van der Waals surface area contributed by atoms with Crippen LogP contribution in [0.3, 0.4) is 0 Å². The number of aliphatic hydroxyl groups excluding tert-OH is 1. The molecule has 0 fully saturated rings. The van der Waals surface area contributed by atoms with Gasteiger partial charge in [-0.25, -0.2) is 0 Å². The maximum absolute atomic E-state index is 10.3. The van der Waals surface area contributed by atoms with Gasteiger partial charge in [0.25, 0.3) is 0 Å².